The van der Waals surface area contributed by atoms with E-state index in [4.69, 9.17) is 0 Å². The first-order valence-electron chi connectivity index (χ1n) is 6.42. The molecule has 0 aromatic carbocycles. The van der Waals surface area contributed by atoms with E-state index >= 15 is 0 Å². The largest absolute Gasteiger partial charge is 0.351 e. The van der Waals surface area contributed by atoms with E-state index in [0.717, 1.165) is 36.8 Å². The maximum atomic E-state index is 12.1. The van der Waals surface area contributed by atoms with Gasteiger partial charge in [0.1, 0.15) is 0 Å². The van der Waals surface area contributed by atoms with Crippen LogP contribution in [0.4, 0.5) is 0 Å². The molecule has 2 N–H and O–H groups in total. The van der Waals surface area contributed by atoms with Gasteiger partial charge in [-0.25, -0.2) is 0 Å². The van der Waals surface area contributed by atoms with E-state index in [1.807, 2.05) is 11.4 Å². The van der Waals surface area contributed by atoms with Gasteiger partial charge >= 0.3 is 0 Å². The van der Waals surface area contributed by atoms with E-state index in [9.17, 15) is 4.79 Å². The number of hydrogen-bond donors (Lipinski definition) is 2. The molecule has 1 aromatic rings. The Labute approximate surface area is 132 Å². The summed E-state index contributed by atoms with van der Waals surface area (Å²) in [5.41, 5.74) is 0.335. The molecule has 1 amide bonds. The Bertz CT molecular complexity index is 459. The number of carbonyl (C=O) groups is 1. The molecule has 1 saturated heterocycles. The van der Waals surface area contributed by atoms with Crippen LogP contribution in [0, 0.1) is 11.3 Å². The Balaban J connectivity index is 0.00000133. The summed E-state index contributed by atoms with van der Waals surface area (Å²) < 4.78 is 1.10. The standard InChI is InChI=1S/C13H17BrN2OS.ClH/c14-10-1-6-18-11(10)8-16-12(17)9-7-13(9)2-4-15-5-3-13;/h1,6,9,15H,2-5,7-8H2,(H,16,17);1H. The average Bonchev–Trinajstić information content (AvgIpc) is 2.90. The Hall–Kier alpha value is -0.100. The Morgan fingerprint density at radius 3 is 2.89 bits per heavy atom. The lowest BCUT2D eigenvalue weighted by atomic mass is 9.92. The number of nitrogens with one attached hydrogen (secondary N) is 2. The second-order valence-corrected chi connectivity index (χ2v) is 7.13. The summed E-state index contributed by atoms with van der Waals surface area (Å²) in [7, 11) is 0. The summed E-state index contributed by atoms with van der Waals surface area (Å²) in [6, 6.07) is 2.03. The first-order chi connectivity index (χ1) is 8.71. The van der Waals surface area contributed by atoms with Gasteiger partial charge in [-0.1, -0.05) is 0 Å². The summed E-state index contributed by atoms with van der Waals surface area (Å²) in [6.07, 6.45) is 3.41. The van der Waals surface area contributed by atoms with Gasteiger partial charge in [-0.05, 0) is 65.1 Å². The van der Waals surface area contributed by atoms with E-state index in [1.165, 1.54) is 4.88 Å². The molecule has 1 spiro atoms. The normalized spacial score (nSPS) is 23.7. The van der Waals surface area contributed by atoms with Crippen LogP contribution in [0.15, 0.2) is 15.9 Å². The van der Waals surface area contributed by atoms with Crippen molar-refractivity contribution in [3.05, 3.63) is 20.8 Å². The Kier molecular flexibility index (Phi) is 4.93. The van der Waals surface area contributed by atoms with E-state index in [2.05, 4.69) is 26.6 Å². The third-order valence-electron chi connectivity index (χ3n) is 4.22. The van der Waals surface area contributed by atoms with Crippen molar-refractivity contribution in [3.63, 3.8) is 0 Å². The number of piperidine rings is 1. The molecule has 2 aliphatic rings. The van der Waals surface area contributed by atoms with Crippen molar-refractivity contribution < 1.29 is 4.79 Å². The minimum atomic E-state index is 0. The number of carbonyl (C=O) groups excluding carboxylic acids is 1. The van der Waals surface area contributed by atoms with Gasteiger partial charge in [0, 0.05) is 15.3 Å². The second-order valence-electron chi connectivity index (χ2n) is 5.28. The first kappa shape index (κ1) is 15.3. The zero-order chi connectivity index (χ0) is 12.6. The van der Waals surface area contributed by atoms with Crippen LogP contribution in [0.1, 0.15) is 24.1 Å². The highest BCUT2D eigenvalue weighted by Gasteiger charge is 2.57. The SMILES string of the molecule is Cl.O=C(NCc1sccc1Br)C1CC12CCNCC2. The zero-order valence-electron chi connectivity index (χ0n) is 10.6. The van der Waals surface area contributed by atoms with Crippen LogP contribution < -0.4 is 10.6 Å². The topological polar surface area (TPSA) is 41.1 Å². The van der Waals surface area contributed by atoms with E-state index in [-0.39, 0.29) is 24.2 Å². The molecule has 106 valence electrons. The molecule has 0 bridgehead atoms. The van der Waals surface area contributed by atoms with Gasteiger partial charge in [0.25, 0.3) is 0 Å². The molecule has 1 aliphatic heterocycles. The van der Waals surface area contributed by atoms with E-state index in [1.54, 1.807) is 11.3 Å². The molecule has 2 heterocycles. The number of hydrogen-bond acceptors (Lipinski definition) is 3. The number of amides is 1. The third-order valence-corrected chi connectivity index (χ3v) is 6.15. The second kappa shape index (κ2) is 6.12. The smallest absolute Gasteiger partial charge is 0.223 e. The first-order valence-corrected chi connectivity index (χ1v) is 8.09. The summed E-state index contributed by atoms with van der Waals surface area (Å²) in [5, 5.41) is 8.48. The van der Waals surface area contributed by atoms with E-state index < -0.39 is 0 Å². The van der Waals surface area contributed by atoms with Gasteiger partial charge in [-0.3, -0.25) is 4.79 Å². The lowest BCUT2D eigenvalue weighted by molar-refractivity contribution is -0.123. The van der Waals surface area contributed by atoms with Gasteiger partial charge in [-0.15, -0.1) is 23.7 Å². The molecule has 2 fully saturated rings. The number of thiophene rings is 1. The molecular formula is C13H18BrClN2OS. The van der Waals surface area contributed by atoms with Crippen LogP contribution in [-0.4, -0.2) is 19.0 Å². The third kappa shape index (κ3) is 3.15. The predicted molar refractivity (Wildman–Crippen MR) is 83.8 cm³/mol. The zero-order valence-corrected chi connectivity index (χ0v) is 13.8. The van der Waals surface area contributed by atoms with Crippen molar-refractivity contribution in [1.29, 1.82) is 0 Å². The van der Waals surface area contributed by atoms with Crippen LogP contribution >= 0.6 is 39.7 Å². The Morgan fingerprint density at radius 2 is 2.26 bits per heavy atom. The monoisotopic (exact) mass is 364 g/mol. The highest BCUT2D eigenvalue weighted by atomic mass is 79.9. The fraction of sp³-hybridized carbons (Fsp3) is 0.615. The van der Waals surface area contributed by atoms with Crippen LogP contribution in [0.3, 0.4) is 0 Å². The van der Waals surface area contributed by atoms with Crippen molar-refractivity contribution in [2.24, 2.45) is 11.3 Å². The fourth-order valence-electron chi connectivity index (χ4n) is 2.94. The summed E-state index contributed by atoms with van der Waals surface area (Å²) >= 11 is 5.17. The molecule has 1 saturated carbocycles. The predicted octanol–water partition coefficient (Wildman–Crippen LogP) is 2.94. The minimum Gasteiger partial charge on any atom is -0.351 e. The maximum absolute atomic E-state index is 12.1. The molecule has 3 nitrogen and oxygen atoms in total. The van der Waals surface area contributed by atoms with E-state index in [0.29, 0.717) is 12.0 Å². The lowest BCUT2D eigenvalue weighted by Crippen LogP contribution is -2.33. The van der Waals surface area contributed by atoms with Gasteiger partial charge in [0.2, 0.25) is 5.91 Å². The Morgan fingerprint density at radius 1 is 1.53 bits per heavy atom. The van der Waals surface area contributed by atoms with Crippen LogP contribution in [0.25, 0.3) is 0 Å². The van der Waals surface area contributed by atoms with Gasteiger partial charge in [-0.2, -0.15) is 0 Å². The van der Waals surface area contributed by atoms with Gasteiger partial charge in [0.05, 0.1) is 6.54 Å². The highest BCUT2D eigenvalue weighted by molar-refractivity contribution is 9.10. The summed E-state index contributed by atoms with van der Waals surface area (Å²) in [4.78, 5) is 13.3. The fourth-order valence-corrected chi connectivity index (χ4v) is 4.37. The average molecular weight is 366 g/mol. The quantitative estimate of drug-likeness (QED) is 0.864. The van der Waals surface area contributed by atoms with Crippen molar-refractivity contribution >= 4 is 45.6 Å². The van der Waals surface area contributed by atoms with Crippen LogP contribution in [0.5, 0.6) is 0 Å². The molecule has 1 atom stereocenters. The van der Waals surface area contributed by atoms with Crippen molar-refractivity contribution in [3.8, 4) is 0 Å². The highest BCUT2D eigenvalue weighted by Crippen LogP contribution is 2.58. The number of halogens is 2. The minimum absolute atomic E-state index is 0. The molecule has 6 heteroatoms. The summed E-state index contributed by atoms with van der Waals surface area (Å²) in [5.74, 6) is 0.510. The van der Waals surface area contributed by atoms with Crippen LogP contribution in [0.2, 0.25) is 0 Å². The molecular weight excluding hydrogens is 348 g/mol. The molecule has 1 unspecified atom stereocenters. The van der Waals surface area contributed by atoms with Crippen molar-refractivity contribution in [2.45, 2.75) is 25.8 Å². The van der Waals surface area contributed by atoms with Crippen molar-refractivity contribution in [1.82, 2.24) is 10.6 Å². The van der Waals surface area contributed by atoms with Gasteiger partial charge < -0.3 is 10.6 Å². The summed E-state index contributed by atoms with van der Waals surface area (Å²) in [6.45, 7) is 2.79. The van der Waals surface area contributed by atoms with Crippen molar-refractivity contribution in [2.75, 3.05) is 13.1 Å². The molecule has 3 rings (SSSR count). The molecule has 1 aromatic heterocycles. The van der Waals surface area contributed by atoms with Crippen LogP contribution in [-0.2, 0) is 11.3 Å². The number of rotatable bonds is 3. The molecule has 0 radical (unpaired) electrons. The molecule has 19 heavy (non-hydrogen) atoms. The maximum Gasteiger partial charge on any atom is 0.223 e. The van der Waals surface area contributed by atoms with Gasteiger partial charge in [0.15, 0.2) is 0 Å². The lowest BCUT2D eigenvalue weighted by Gasteiger charge is -2.23. The molecule has 1 aliphatic carbocycles.